The van der Waals surface area contributed by atoms with Crippen molar-refractivity contribution in [3.8, 4) is 0 Å². The summed E-state index contributed by atoms with van der Waals surface area (Å²) < 4.78 is 0. The molecule has 1 aromatic carbocycles. The fraction of sp³-hybridized carbons (Fsp3) is 0.583. The van der Waals surface area contributed by atoms with Crippen LogP contribution in [0, 0.1) is 5.41 Å². The number of hydrogen-bond acceptors (Lipinski definition) is 1. The van der Waals surface area contributed by atoms with Gasteiger partial charge >= 0.3 is 0 Å². The Morgan fingerprint density at radius 3 is 2.40 bits per heavy atom. The third-order valence-corrected chi connectivity index (χ3v) is 5.92. The van der Waals surface area contributed by atoms with Gasteiger partial charge < -0.3 is 4.90 Å². The Bertz CT molecular complexity index is 576. The van der Waals surface area contributed by atoms with Crippen LogP contribution in [0.25, 0.3) is 0 Å². The van der Waals surface area contributed by atoms with Gasteiger partial charge in [0.15, 0.2) is 0 Å². The molecule has 0 radical (unpaired) electrons. The van der Waals surface area contributed by atoms with Crippen molar-refractivity contribution in [1.29, 1.82) is 0 Å². The van der Waals surface area contributed by atoms with Gasteiger partial charge in [-0.1, -0.05) is 57.2 Å². The molecule has 0 N–H and O–H groups in total. The number of hydrogen-bond donors (Lipinski definition) is 0. The molecule has 1 heterocycles. The molecule has 1 aliphatic carbocycles. The van der Waals surface area contributed by atoms with Crippen LogP contribution in [0.15, 0.2) is 49.6 Å². The van der Waals surface area contributed by atoms with Gasteiger partial charge in [-0.15, -0.1) is 13.2 Å². The molecule has 1 fully saturated rings. The van der Waals surface area contributed by atoms with Crippen LogP contribution in [0.4, 0.5) is 0 Å². The van der Waals surface area contributed by atoms with Gasteiger partial charge in [0.25, 0.3) is 0 Å². The van der Waals surface area contributed by atoms with E-state index in [9.17, 15) is 0 Å². The van der Waals surface area contributed by atoms with E-state index in [1.54, 1.807) is 17.2 Å². The van der Waals surface area contributed by atoms with Crippen LogP contribution in [-0.4, -0.2) is 24.5 Å². The molecule has 1 saturated heterocycles. The van der Waals surface area contributed by atoms with Crippen LogP contribution in [0.5, 0.6) is 0 Å². The highest BCUT2D eigenvalue weighted by Crippen LogP contribution is 2.51. The summed E-state index contributed by atoms with van der Waals surface area (Å²) in [7, 11) is 0. The molecule has 1 nitrogen and oxygen atoms in total. The van der Waals surface area contributed by atoms with Gasteiger partial charge in [-0.3, -0.25) is 0 Å². The number of benzene rings is 1. The number of likely N-dealkylation sites (tertiary alicyclic amines) is 1. The topological polar surface area (TPSA) is 3.24 Å². The van der Waals surface area contributed by atoms with Crippen molar-refractivity contribution in [3.05, 3.63) is 60.7 Å². The maximum absolute atomic E-state index is 3.91. The highest BCUT2D eigenvalue weighted by molar-refractivity contribution is 5.42. The molecule has 3 rings (SSSR count). The van der Waals surface area contributed by atoms with Crippen molar-refractivity contribution in [3.63, 3.8) is 0 Å². The maximum Gasteiger partial charge on any atom is 0.00357 e. The van der Waals surface area contributed by atoms with E-state index in [4.69, 9.17) is 0 Å². The summed E-state index contributed by atoms with van der Waals surface area (Å²) in [5.74, 6) is 0.736. The second-order valence-corrected chi connectivity index (χ2v) is 8.81. The lowest BCUT2D eigenvalue weighted by Gasteiger charge is -2.43. The molecule has 0 aromatic heterocycles. The lowest BCUT2D eigenvalue weighted by Crippen LogP contribution is -2.45. The lowest BCUT2D eigenvalue weighted by molar-refractivity contribution is 0.112. The molecule has 0 bridgehead atoms. The maximum atomic E-state index is 3.91. The Hall–Kier alpha value is -1.34. The van der Waals surface area contributed by atoms with Crippen LogP contribution < -0.4 is 0 Å². The zero-order valence-electron chi connectivity index (χ0n) is 16.9. The zero-order valence-corrected chi connectivity index (χ0v) is 16.9. The van der Waals surface area contributed by atoms with Gasteiger partial charge in [0, 0.05) is 6.54 Å². The van der Waals surface area contributed by atoms with Crippen LogP contribution in [-0.2, 0) is 5.41 Å². The standard InChI is InChI=1S/C21H31N.C3H6/c1-5-10-20(3,4)16-22-13-11-21(12-14-22)15-17(2)18-8-6-7-9-19(18)21;1-3-2/h5-9,17H,1,10-16H2,2-4H3;3H,1H2,2H3. The van der Waals surface area contributed by atoms with E-state index in [0.29, 0.717) is 10.8 Å². The molecule has 0 saturated carbocycles. The molecule has 1 heteroatoms. The van der Waals surface area contributed by atoms with Gasteiger partial charge in [-0.2, -0.15) is 0 Å². The molecule has 1 aliphatic heterocycles. The molecular weight excluding hydrogens is 302 g/mol. The molecule has 1 spiro atoms. The lowest BCUT2D eigenvalue weighted by atomic mass is 9.73. The first kappa shape index (κ1) is 20.0. The normalized spacial score (nSPS) is 22.0. The van der Waals surface area contributed by atoms with Crippen molar-refractivity contribution in [2.24, 2.45) is 5.41 Å². The molecule has 1 aromatic rings. The van der Waals surface area contributed by atoms with E-state index < -0.39 is 0 Å². The van der Waals surface area contributed by atoms with Crippen LogP contribution >= 0.6 is 0 Å². The average Bonchev–Trinajstić information content (AvgIpc) is 2.83. The van der Waals surface area contributed by atoms with E-state index in [1.807, 2.05) is 6.92 Å². The van der Waals surface area contributed by atoms with Gasteiger partial charge in [-0.05, 0) is 73.6 Å². The van der Waals surface area contributed by atoms with Crippen molar-refractivity contribution < 1.29 is 0 Å². The van der Waals surface area contributed by atoms with Crippen molar-refractivity contribution >= 4 is 0 Å². The van der Waals surface area contributed by atoms with Crippen molar-refractivity contribution in [2.75, 3.05) is 19.6 Å². The fourth-order valence-electron chi connectivity index (χ4n) is 4.89. The largest absolute Gasteiger partial charge is 0.303 e. The zero-order chi connectivity index (χ0) is 18.5. The predicted octanol–water partition coefficient (Wildman–Crippen LogP) is 6.32. The fourth-order valence-corrected chi connectivity index (χ4v) is 4.89. The van der Waals surface area contributed by atoms with Crippen molar-refractivity contribution in [1.82, 2.24) is 4.90 Å². The van der Waals surface area contributed by atoms with Crippen LogP contribution in [0.3, 0.4) is 0 Å². The molecule has 0 amide bonds. The molecule has 1 unspecified atom stereocenters. The minimum absolute atomic E-state index is 0.354. The van der Waals surface area contributed by atoms with E-state index in [2.05, 4.69) is 69.2 Å². The third-order valence-electron chi connectivity index (χ3n) is 5.92. The summed E-state index contributed by atoms with van der Waals surface area (Å²) in [5.41, 5.74) is 4.10. The minimum atomic E-state index is 0.354. The summed E-state index contributed by atoms with van der Waals surface area (Å²) in [4.78, 5) is 2.68. The number of piperidine rings is 1. The Labute approximate surface area is 155 Å². The Morgan fingerprint density at radius 2 is 1.80 bits per heavy atom. The number of nitrogens with zero attached hydrogens (tertiary/aromatic N) is 1. The number of rotatable bonds is 4. The summed E-state index contributed by atoms with van der Waals surface area (Å²) in [6.45, 7) is 20.0. The van der Waals surface area contributed by atoms with Gasteiger partial charge in [0.05, 0.1) is 0 Å². The first-order valence-electron chi connectivity index (χ1n) is 9.87. The second-order valence-electron chi connectivity index (χ2n) is 8.81. The number of fused-ring (bicyclic) bond motifs is 2. The average molecular weight is 340 g/mol. The van der Waals surface area contributed by atoms with Gasteiger partial charge in [0.1, 0.15) is 0 Å². The van der Waals surface area contributed by atoms with E-state index >= 15 is 0 Å². The van der Waals surface area contributed by atoms with E-state index in [0.717, 1.165) is 12.3 Å². The molecule has 2 aliphatic rings. The van der Waals surface area contributed by atoms with E-state index in [-0.39, 0.29) is 0 Å². The van der Waals surface area contributed by atoms with Gasteiger partial charge in [0.2, 0.25) is 0 Å². The third kappa shape index (κ3) is 4.64. The molecular formula is C24H37N. The van der Waals surface area contributed by atoms with Crippen molar-refractivity contribution in [2.45, 2.75) is 64.7 Å². The molecule has 138 valence electrons. The minimum Gasteiger partial charge on any atom is -0.303 e. The first-order valence-corrected chi connectivity index (χ1v) is 9.87. The highest BCUT2D eigenvalue weighted by Gasteiger charge is 2.44. The van der Waals surface area contributed by atoms with Crippen LogP contribution in [0.2, 0.25) is 0 Å². The van der Waals surface area contributed by atoms with Crippen LogP contribution in [0.1, 0.15) is 70.4 Å². The summed E-state index contributed by atoms with van der Waals surface area (Å²) in [6.07, 6.45) is 8.95. The smallest absolute Gasteiger partial charge is 0.00357 e. The summed E-state index contributed by atoms with van der Waals surface area (Å²) in [5, 5.41) is 0. The van der Waals surface area contributed by atoms with Gasteiger partial charge in [-0.25, -0.2) is 0 Å². The summed E-state index contributed by atoms with van der Waals surface area (Å²) >= 11 is 0. The number of allylic oxidation sites excluding steroid dienone is 2. The molecule has 25 heavy (non-hydrogen) atoms. The highest BCUT2D eigenvalue weighted by atomic mass is 15.1. The summed E-state index contributed by atoms with van der Waals surface area (Å²) in [6, 6.07) is 9.20. The Kier molecular flexibility index (Phi) is 6.68. The molecule has 1 atom stereocenters. The quantitative estimate of drug-likeness (QED) is 0.580. The Morgan fingerprint density at radius 1 is 1.20 bits per heavy atom. The Balaban J connectivity index is 0.000000701. The monoisotopic (exact) mass is 339 g/mol. The SMILES string of the molecule is C=CC.C=CCC(C)(C)CN1CCC2(CC1)CC(C)c1ccccc12. The van der Waals surface area contributed by atoms with E-state index in [1.165, 1.54) is 38.9 Å². The predicted molar refractivity (Wildman–Crippen MR) is 111 cm³/mol. The first-order chi connectivity index (χ1) is 11.9. The second kappa shape index (κ2) is 8.36.